The van der Waals surface area contributed by atoms with Crippen LogP contribution in [-0.4, -0.2) is 35.6 Å². The molecule has 0 aliphatic heterocycles. The van der Waals surface area contributed by atoms with Crippen molar-refractivity contribution < 1.29 is 23.8 Å². The lowest BCUT2D eigenvalue weighted by atomic mass is 10.1. The molecular formula is C20H23FN2O4. The van der Waals surface area contributed by atoms with Crippen molar-refractivity contribution >= 4 is 12.0 Å². The Morgan fingerprint density at radius 1 is 1.19 bits per heavy atom. The number of benzene rings is 2. The molecule has 0 bridgehead atoms. The number of halogens is 1. The van der Waals surface area contributed by atoms with Crippen LogP contribution in [0, 0.1) is 11.7 Å². The number of ether oxygens (including phenoxy) is 1. The smallest absolute Gasteiger partial charge is 0.317 e. The van der Waals surface area contributed by atoms with Gasteiger partial charge in [-0.15, -0.1) is 0 Å². The van der Waals surface area contributed by atoms with Crippen LogP contribution in [0.15, 0.2) is 48.5 Å². The molecule has 2 aromatic carbocycles. The van der Waals surface area contributed by atoms with Gasteiger partial charge in [0.05, 0.1) is 12.0 Å². The predicted octanol–water partition coefficient (Wildman–Crippen LogP) is 4.04. The Kier molecular flexibility index (Phi) is 6.76. The largest absolute Gasteiger partial charge is 0.481 e. The van der Waals surface area contributed by atoms with Crippen LogP contribution in [0.1, 0.15) is 25.5 Å². The van der Waals surface area contributed by atoms with Gasteiger partial charge in [0.25, 0.3) is 0 Å². The molecule has 0 saturated carbocycles. The third kappa shape index (κ3) is 5.70. The molecule has 0 aliphatic carbocycles. The molecule has 6 nitrogen and oxygen atoms in total. The van der Waals surface area contributed by atoms with Gasteiger partial charge in [0.1, 0.15) is 5.75 Å². The van der Waals surface area contributed by atoms with E-state index in [0.717, 1.165) is 0 Å². The summed E-state index contributed by atoms with van der Waals surface area (Å²) < 4.78 is 19.8. The van der Waals surface area contributed by atoms with Crippen LogP contribution >= 0.6 is 0 Å². The number of carboxylic acid groups (broad SMARTS) is 1. The molecule has 0 aliphatic rings. The summed E-state index contributed by atoms with van der Waals surface area (Å²) in [4.78, 5) is 24.4. The lowest BCUT2D eigenvalue weighted by Crippen LogP contribution is -2.41. The topological polar surface area (TPSA) is 78.9 Å². The Balaban J connectivity index is 2.00. The summed E-state index contributed by atoms with van der Waals surface area (Å²) in [6.07, 6.45) is 0. The van der Waals surface area contributed by atoms with E-state index in [1.807, 2.05) is 6.07 Å². The molecule has 0 spiro atoms. The summed E-state index contributed by atoms with van der Waals surface area (Å²) >= 11 is 0. The molecule has 2 N–H and O–H groups in total. The average molecular weight is 374 g/mol. The molecular weight excluding hydrogens is 351 g/mol. The Labute approximate surface area is 157 Å². The number of nitrogens with zero attached hydrogens (tertiary/aromatic N) is 1. The minimum atomic E-state index is -0.973. The van der Waals surface area contributed by atoms with Crippen LogP contribution in [0.4, 0.5) is 9.18 Å². The fourth-order valence-electron chi connectivity index (χ4n) is 2.44. The van der Waals surface area contributed by atoms with Gasteiger partial charge >= 0.3 is 12.0 Å². The second-order valence-corrected chi connectivity index (χ2v) is 6.40. The predicted molar refractivity (Wildman–Crippen MR) is 99.3 cm³/mol. The maximum atomic E-state index is 14.3. The zero-order valence-corrected chi connectivity index (χ0v) is 15.5. The fourth-order valence-corrected chi connectivity index (χ4v) is 2.44. The maximum Gasteiger partial charge on any atom is 0.317 e. The lowest BCUT2D eigenvalue weighted by Gasteiger charge is -2.23. The molecule has 0 heterocycles. The maximum absolute atomic E-state index is 14.3. The highest BCUT2D eigenvalue weighted by Crippen LogP contribution is 2.26. The van der Waals surface area contributed by atoms with Crippen molar-refractivity contribution in [1.82, 2.24) is 10.2 Å². The third-order valence-corrected chi connectivity index (χ3v) is 4.08. The Bertz CT molecular complexity index is 798. The van der Waals surface area contributed by atoms with Crippen molar-refractivity contribution in [3.63, 3.8) is 0 Å². The second kappa shape index (κ2) is 9.02. The van der Waals surface area contributed by atoms with Gasteiger partial charge in [0.15, 0.2) is 11.6 Å². The van der Waals surface area contributed by atoms with E-state index < -0.39 is 29.8 Å². The van der Waals surface area contributed by atoms with Crippen molar-refractivity contribution in [2.45, 2.75) is 19.9 Å². The molecule has 2 rings (SSSR count). The normalized spacial score (nSPS) is 12.7. The second-order valence-electron chi connectivity index (χ2n) is 6.40. The van der Waals surface area contributed by atoms with Crippen LogP contribution in [0.3, 0.4) is 0 Å². The molecule has 0 fully saturated rings. The quantitative estimate of drug-likeness (QED) is 0.767. The highest BCUT2D eigenvalue weighted by molar-refractivity contribution is 5.76. The summed E-state index contributed by atoms with van der Waals surface area (Å²) in [7, 11) is 1.51. The number of hydrogen-bond donors (Lipinski definition) is 2. The van der Waals surface area contributed by atoms with Gasteiger partial charge in [0, 0.05) is 13.6 Å². The molecule has 2 amide bonds. The van der Waals surface area contributed by atoms with Gasteiger partial charge in [-0.2, -0.15) is 0 Å². The number of aliphatic carboxylic acids is 1. The third-order valence-electron chi connectivity index (χ3n) is 4.08. The number of carbonyl (C=O) groups excluding carboxylic acids is 1. The van der Waals surface area contributed by atoms with E-state index in [9.17, 15) is 14.0 Å². The van der Waals surface area contributed by atoms with E-state index >= 15 is 0 Å². The van der Waals surface area contributed by atoms with Gasteiger partial charge < -0.3 is 20.1 Å². The number of carbonyl (C=O) groups is 2. The number of para-hydroxylation sites is 1. The van der Waals surface area contributed by atoms with Crippen LogP contribution < -0.4 is 10.1 Å². The minimum Gasteiger partial charge on any atom is -0.481 e. The van der Waals surface area contributed by atoms with Gasteiger partial charge in [0.2, 0.25) is 0 Å². The number of amides is 2. The zero-order valence-electron chi connectivity index (χ0n) is 15.5. The van der Waals surface area contributed by atoms with E-state index in [-0.39, 0.29) is 12.3 Å². The van der Waals surface area contributed by atoms with Gasteiger partial charge in [-0.3, -0.25) is 4.79 Å². The Hall–Kier alpha value is -3.09. The first-order valence-electron chi connectivity index (χ1n) is 8.54. The van der Waals surface area contributed by atoms with Crippen LogP contribution in [0.2, 0.25) is 0 Å². The van der Waals surface area contributed by atoms with Crippen LogP contribution in [-0.2, 0) is 4.79 Å². The molecule has 144 valence electrons. The summed E-state index contributed by atoms with van der Waals surface area (Å²) in [5.41, 5.74) is 0.570. The Morgan fingerprint density at radius 2 is 1.85 bits per heavy atom. The molecule has 0 radical (unpaired) electrons. The molecule has 27 heavy (non-hydrogen) atoms. The number of rotatable bonds is 7. The Morgan fingerprint density at radius 3 is 2.44 bits per heavy atom. The van der Waals surface area contributed by atoms with Crippen molar-refractivity contribution in [3.8, 4) is 11.5 Å². The zero-order chi connectivity index (χ0) is 20.0. The van der Waals surface area contributed by atoms with Gasteiger partial charge in [-0.25, -0.2) is 9.18 Å². The number of hydrogen-bond acceptors (Lipinski definition) is 3. The van der Waals surface area contributed by atoms with Crippen LogP contribution in [0.25, 0.3) is 0 Å². The molecule has 2 unspecified atom stereocenters. The number of nitrogens with one attached hydrogen (secondary N) is 1. The summed E-state index contributed by atoms with van der Waals surface area (Å²) in [6.45, 7) is 3.32. The lowest BCUT2D eigenvalue weighted by molar-refractivity contribution is -0.141. The highest BCUT2D eigenvalue weighted by atomic mass is 19.1. The van der Waals surface area contributed by atoms with E-state index in [4.69, 9.17) is 9.84 Å². The van der Waals surface area contributed by atoms with Crippen molar-refractivity contribution in [2.75, 3.05) is 13.6 Å². The van der Waals surface area contributed by atoms with E-state index in [0.29, 0.717) is 11.3 Å². The fraction of sp³-hybridized carbons (Fsp3) is 0.300. The van der Waals surface area contributed by atoms with E-state index in [1.165, 1.54) is 31.0 Å². The first-order chi connectivity index (χ1) is 12.8. The number of urea groups is 1. The molecule has 2 atom stereocenters. The molecule has 0 saturated heterocycles. The van der Waals surface area contributed by atoms with E-state index in [2.05, 4.69) is 5.32 Å². The van der Waals surface area contributed by atoms with Gasteiger partial charge in [-0.1, -0.05) is 31.2 Å². The molecule has 7 heteroatoms. The number of carboxylic acids is 1. The molecule has 2 aromatic rings. The molecule has 0 aromatic heterocycles. The van der Waals surface area contributed by atoms with Gasteiger partial charge in [-0.05, 0) is 36.8 Å². The van der Waals surface area contributed by atoms with Crippen LogP contribution in [0.5, 0.6) is 11.5 Å². The summed E-state index contributed by atoms with van der Waals surface area (Å²) in [6, 6.07) is 12.5. The summed E-state index contributed by atoms with van der Waals surface area (Å²) in [5, 5.41) is 11.6. The van der Waals surface area contributed by atoms with Crippen molar-refractivity contribution in [1.29, 1.82) is 0 Å². The average Bonchev–Trinajstić information content (AvgIpc) is 2.63. The van der Waals surface area contributed by atoms with E-state index in [1.54, 1.807) is 37.3 Å². The first-order valence-corrected chi connectivity index (χ1v) is 8.54. The summed E-state index contributed by atoms with van der Waals surface area (Å²) in [5.74, 6) is -1.57. The van der Waals surface area contributed by atoms with Crippen molar-refractivity contribution in [3.05, 3.63) is 59.9 Å². The SMILES string of the molecule is CC(CN(C)C(=O)NC(C)c1ccc(Oc2ccccc2)c(F)c1)C(=O)O. The first kappa shape index (κ1) is 20.2. The van der Waals surface area contributed by atoms with Crippen molar-refractivity contribution in [2.24, 2.45) is 5.92 Å². The standard InChI is InChI=1S/C20H23FN2O4/c1-13(19(24)25)12-23(3)20(26)22-14(2)15-9-10-18(17(21)11-15)27-16-7-5-4-6-8-16/h4-11,13-14H,12H2,1-3H3,(H,22,26)(H,24,25). The highest BCUT2D eigenvalue weighted by Gasteiger charge is 2.19. The minimum absolute atomic E-state index is 0.0755. The monoisotopic (exact) mass is 374 g/mol.